The molecule has 0 saturated heterocycles. The fourth-order valence-electron chi connectivity index (χ4n) is 1.68. The number of hydrogen-bond donors (Lipinski definition) is 2. The standard InChI is InChI=1S/C14H16ClN5O4S/c1-20(2)25(22,23)19-13-7-6-12(17-18-13)16-11-8-9(14(21)24-3)4-5-10(11)15/h4-8H,1-3H3,(H,16,17)(H,18,19). The lowest BCUT2D eigenvalue weighted by molar-refractivity contribution is 0.0601. The van der Waals surface area contributed by atoms with E-state index in [1.807, 2.05) is 0 Å². The predicted octanol–water partition coefficient (Wildman–Crippen LogP) is 1.88. The molecule has 0 aliphatic carbocycles. The van der Waals surface area contributed by atoms with Crippen LogP contribution >= 0.6 is 11.6 Å². The zero-order chi connectivity index (χ0) is 18.6. The van der Waals surface area contributed by atoms with Crippen LogP contribution in [0.3, 0.4) is 0 Å². The monoisotopic (exact) mass is 385 g/mol. The normalized spacial score (nSPS) is 11.2. The first-order valence-electron chi connectivity index (χ1n) is 6.92. The summed E-state index contributed by atoms with van der Waals surface area (Å²) in [5, 5.41) is 10.9. The van der Waals surface area contributed by atoms with Crippen LogP contribution in [0.4, 0.5) is 17.3 Å². The summed E-state index contributed by atoms with van der Waals surface area (Å²) in [5.41, 5.74) is 0.748. The molecule has 1 aromatic heterocycles. The SMILES string of the molecule is COC(=O)c1ccc(Cl)c(Nc2ccc(NS(=O)(=O)N(C)C)nn2)c1. The van der Waals surface area contributed by atoms with Gasteiger partial charge in [0.2, 0.25) is 0 Å². The Morgan fingerprint density at radius 1 is 1.16 bits per heavy atom. The third kappa shape index (κ3) is 4.78. The topological polar surface area (TPSA) is 114 Å². The highest BCUT2D eigenvalue weighted by molar-refractivity contribution is 7.90. The lowest BCUT2D eigenvalue weighted by Crippen LogP contribution is -2.29. The predicted molar refractivity (Wildman–Crippen MR) is 94.3 cm³/mol. The van der Waals surface area contributed by atoms with Gasteiger partial charge >= 0.3 is 16.2 Å². The molecular weight excluding hydrogens is 370 g/mol. The number of nitrogens with one attached hydrogen (secondary N) is 2. The molecule has 0 amide bonds. The number of anilines is 3. The summed E-state index contributed by atoms with van der Waals surface area (Å²) >= 11 is 6.09. The second-order valence-corrected chi connectivity index (χ2v) is 7.30. The fraction of sp³-hybridized carbons (Fsp3) is 0.214. The molecule has 11 heteroatoms. The largest absolute Gasteiger partial charge is 0.465 e. The van der Waals surface area contributed by atoms with Gasteiger partial charge in [0.15, 0.2) is 11.6 Å². The van der Waals surface area contributed by atoms with Crippen LogP contribution in [-0.4, -0.2) is 50.1 Å². The minimum absolute atomic E-state index is 0.0636. The number of rotatable bonds is 6. The molecule has 2 N–H and O–H groups in total. The minimum Gasteiger partial charge on any atom is -0.465 e. The molecule has 9 nitrogen and oxygen atoms in total. The quantitative estimate of drug-likeness (QED) is 0.729. The molecule has 2 aromatic rings. The number of nitrogens with zero attached hydrogens (tertiary/aromatic N) is 3. The van der Waals surface area contributed by atoms with E-state index in [4.69, 9.17) is 11.6 Å². The van der Waals surface area contributed by atoms with Crippen LogP contribution in [0.1, 0.15) is 10.4 Å². The maximum Gasteiger partial charge on any atom is 0.337 e. The van der Waals surface area contributed by atoms with Gasteiger partial charge in [0.25, 0.3) is 0 Å². The summed E-state index contributed by atoms with van der Waals surface area (Å²) in [4.78, 5) is 11.6. The molecule has 0 aliphatic rings. The van der Waals surface area contributed by atoms with E-state index in [-0.39, 0.29) is 5.82 Å². The summed E-state index contributed by atoms with van der Waals surface area (Å²) < 4.78 is 31.4. The van der Waals surface area contributed by atoms with Crippen LogP contribution in [0.2, 0.25) is 5.02 Å². The van der Waals surface area contributed by atoms with E-state index in [9.17, 15) is 13.2 Å². The van der Waals surface area contributed by atoms with E-state index in [1.165, 1.54) is 45.5 Å². The average molecular weight is 386 g/mol. The Morgan fingerprint density at radius 2 is 1.80 bits per heavy atom. The van der Waals surface area contributed by atoms with Crippen LogP contribution in [0, 0.1) is 0 Å². The zero-order valence-corrected chi connectivity index (χ0v) is 15.2. The van der Waals surface area contributed by atoms with Crippen LogP contribution in [-0.2, 0) is 14.9 Å². The Morgan fingerprint density at radius 3 is 2.36 bits per heavy atom. The molecule has 0 aliphatic heterocycles. The third-order valence-electron chi connectivity index (χ3n) is 3.03. The second-order valence-electron chi connectivity index (χ2n) is 5.00. The number of benzene rings is 1. The molecule has 0 spiro atoms. The lowest BCUT2D eigenvalue weighted by atomic mass is 10.2. The Bertz CT molecular complexity index is 871. The van der Waals surface area contributed by atoms with E-state index in [2.05, 4.69) is 25.0 Å². The number of carbonyl (C=O) groups is 1. The molecule has 0 unspecified atom stereocenters. The van der Waals surface area contributed by atoms with Gasteiger partial charge in [0, 0.05) is 14.1 Å². The Balaban J connectivity index is 2.18. The fourth-order valence-corrected chi connectivity index (χ4v) is 2.40. The summed E-state index contributed by atoms with van der Waals surface area (Å²) in [7, 11) is 0.403. The number of carbonyl (C=O) groups excluding carboxylic acids is 1. The van der Waals surface area contributed by atoms with Crippen molar-refractivity contribution in [1.29, 1.82) is 0 Å². The van der Waals surface area contributed by atoms with Gasteiger partial charge in [-0.15, -0.1) is 10.2 Å². The molecule has 134 valence electrons. The molecule has 0 saturated carbocycles. The van der Waals surface area contributed by atoms with Crippen molar-refractivity contribution in [1.82, 2.24) is 14.5 Å². The van der Waals surface area contributed by atoms with Crippen molar-refractivity contribution in [3.05, 3.63) is 40.9 Å². The van der Waals surface area contributed by atoms with Gasteiger partial charge in [-0.2, -0.15) is 12.7 Å². The maximum absolute atomic E-state index is 11.7. The first-order chi connectivity index (χ1) is 11.7. The first-order valence-corrected chi connectivity index (χ1v) is 8.73. The van der Waals surface area contributed by atoms with E-state index in [1.54, 1.807) is 6.07 Å². The summed E-state index contributed by atoms with van der Waals surface area (Å²) in [6.07, 6.45) is 0. The van der Waals surface area contributed by atoms with Crippen molar-refractivity contribution in [2.45, 2.75) is 0 Å². The third-order valence-corrected chi connectivity index (χ3v) is 4.79. The van der Waals surface area contributed by atoms with Crippen LogP contribution in [0.15, 0.2) is 30.3 Å². The Kier molecular flexibility index (Phi) is 5.77. The molecule has 1 aromatic carbocycles. The van der Waals surface area contributed by atoms with Crippen molar-refractivity contribution in [3.63, 3.8) is 0 Å². The average Bonchev–Trinajstić information content (AvgIpc) is 2.57. The number of esters is 1. The van der Waals surface area contributed by atoms with E-state index >= 15 is 0 Å². The lowest BCUT2D eigenvalue weighted by Gasteiger charge is -2.13. The molecule has 2 rings (SSSR count). The van der Waals surface area contributed by atoms with Crippen molar-refractivity contribution in [2.75, 3.05) is 31.2 Å². The highest BCUT2D eigenvalue weighted by Gasteiger charge is 2.14. The number of halogens is 1. The van der Waals surface area contributed by atoms with Crippen LogP contribution in [0.5, 0.6) is 0 Å². The van der Waals surface area contributed by atoms with Gasteiger partial charge in [-0.25, -0.2) is 4.79 Å². The second kappa shape index (κ2) is 7.64. The molecule has 0 atom stereocenters. The van der Waals surface area contributed by atoms with Crippen molar-refractivity contribution < 1.29 is 17.9 Å². The molecule has 25 heavy (non-hydrogen) atoms. The minimum atomic E-state index is -3.66. The number of hydrogen-bond acceptors (Lipinski definition) is 7. The smallest absolute Gasteiger partial charge is 0.337 e. The van der Waals surface area contributed by atoms with Gasteiger partial charge in [0.1, 0.15) is 0 Å². The van der Waals surface area contributed by atoms with Crippen molar-refractivity contribution in [2.24, 2.45) is 0 Å². The molecule has 0 bridgehead atoms. The van der Waals surface area contributed by atoms with Gasteiger partial charge in [-0.3, -0.25) is 4.72 Å². The highest BCUT2D eigenvalue weighted by Crippen LogP contribution is 2.26. The zero-order valence-electron chi connectivity index (χ0n) is 13.6. The summed E-state index contributed by atoms with van der Waals surface area (Å²) in [6, 6.07) is 7.54. The highest BCUT2D eigenvalue weighted by atomic mass is 35.5. The molecular formula is C14H16ClN5O4S. The molecule has 0 fully saturated rings. The Labute approximate surface area is 150 Å². The van der Waals surface area contributed by atoms with Crippen molar-refractivity contribution in [3.8, 4) is 0 Å². The van der Waals surface area contributed by atoms with Gasteiger partial charge in [0.05, 0.1) is 23.4 Å². The van der Waals surface area contributed by atoms with Gasteiger partial charge in [-0.05, 0) is 30.3 Å². The van der Waals surface area contributed by atoms with Crippen LogP contribution in [0.25, 0.3) is 0 Å². The summed E-state index contributed by atoms with van der Waals surface area (Å²) in [5.74, 6) is -0.121. The number of aromatic nitrogens is 2. The summed E-state index contributed by atoms with van der Waals surface area (Å²) in [6.45, 7) is 0. The van der Waals surface area contributed by atoms with E-state index in [0.717, 1.165) is 4.31 Å². The molecule has 1 heterocycles. The van der Waals surface area contributed by atoms with Gasteiger partial charge < -0.3 is 10.1 Å². The van der Waals surface area contributed by atoms with E-state index < -0.39 is 16.2 Å². The Hall–Kier alpha value is -2.43. The molecule has 0 radical (unpaired) electrons. The van der Waals surface area contributed by atoms with Gasteiger partial charge in [-0.1, -0.05) is 11.6 Å². The number of ether oxygens (including phenoxy) is 1. The van der Waals surface area contributed by atoms with Crippen molar-refractivity contribution >= 4 is 45.1 Å². The first kappa shape index (κ1) is 18.9. The van der Waals surface area contributed by atoms with Crippen LogP contribution < -0.4 is 10.0 Å². The van der Waals surface area contributed by atoms with E-state index in [0.29, 0.717) is 22.1 Å². The number of methoxy groups -OCH3 is 1. The maximum atomic E-state index is 11.7.